The number of rotatable bonds is 5. The summed E-state index contributed by atoms with van der Waals surface area (Å²) in [6.07, 6.45) is 0.147. The second-order valence-corrected chi connectivity index (χ2v) is 6.69. The smallest absolute Gasteiger partial charge is 0.258 e. The highest BCUT2D eigenvalue weighted by Gasteiger charge is 2.10. The van der Waals surface area contributed by atoms with Crippen molar-refractivity contribution in [2.24, 2.45) is 0 Å². The fraction of sp³-hybridized carbons (Fsp3) is 0.222. The lowest BCUT2D eigenvalue weighted by atomic mass is 10.2. The van der Waals surface area contributed by atoms with E-state index in [9.17, 15) is 4.79 Å². The Labute approximate surface area is 155 Å². The van der Waals surface area contributed by atoms with E-state index in [1.54, 1.807) is 12.1 Å². The molecule has 0 saturated heterocycles. The number of ether oxygens (including phenoxy) is 1. The van der Waals surface area contributed by atoms with E-state index in [2.05, 4.69) is 26.6 Å². The van der Waals surface area contributed by atoms with Gasteiger partial charge in [0.2, 0.25) is 0 Å². The summed E-state index contributed by atoms with van der Waals surface area (Å²) in [7, 11) is 0. The summed E-state index contributed by atoms with van der Waals surface area (Å²) in [5, 5.41) is 5.98. The highest BCUT2D eigenvalue weighted by molar-refractivity contribution is 9.10. The zero-order chi connectivity index (χ0) is 17.5. The molecule has 0 saturated carbocycles. The molecule has 2 aromatic carbocycles. The molecule has 0 aliphatic rings. The van der Waals surface area contributed by atoms with Crippen LogP contribution in [0.1, 0.15) is 29.8 Å². The van der Waals surface area contributed by atoms with Crippen molar-refractivity contribution in [1.82, 2.24) is 10.6 Å². The van der Waals surface area contributed by atoms with Crippen LogP contribution in [0.2, 0.25) is 0 Å². The van der Waals surface area contributed by atoms with E-state index in [-0.39, 0.29) is 12.0 Å². The topological polar surface area (TPSA) is 50.4 Å². The zero-order valence-corrected chi connectivity index (χ0v) is 15.9. The predicted molar refractivity (Wildman–Crippen MR) is 103 cm³/mol. The maximum absolute atomic E-state index is 12.1. The molecule has 1 amide bonds. The van der Waals surface area contributed by atoms with Gasteiger partial charge in [0.15, 0.2) is 5.11 Å². The number of halogens is 1. The van der Waals surface area contributed by atoms with Crippen molar-refractivity contribution in [2.45, 2.75) is 26.5 Å². The van der Waals surface area contributed by atoms with Gasteiger partial charge in [0.25, 0.3) is 5.91 Å². The first kappa shape index (κ1) is 18.4. The maximum Gasteiger partial charge on any atom is 0.258 e. The van der Waals surface area contributed by atoms with Crippen molar-refractivity contribution >= 4 is 39.2 Å². The maximum atomic E-state index is 12.1. The summed E-state index contributed by atoms with van der Waals surface area (Å²) >= 11 is 8.52. The molecule has 4 nitrogen and oxygen atoms in total. The molecule has 0 unspecified atom stereocenters. The molecule has 2 aromatic rings. The zero-order valence-electron chi connectivity index (χ0n) is 13.5. The number of thiocarbonyl (C=S) groups is 1. The minimum atomic E-state index is -0.249. The van der Waals surface area contributed by atoms with Crippen LogP contribution < -0.4 is 15.4 Å². The van der Waals surface area contributed by atoms with E-state index < -0.39 is 0 Å². The summed E-state index contributed by atoms with van der Waals surface area (Å²) in [4.78, 5) is 12.1. The Balaban J connectivity index is 1.85. The third-order valence-corrected chi connectivity index (χ3v) is 4.03. The van der Waals surface area contributed by atoms with Crippen LogP contribution in [0.15, 0.2) is 53.0 Å². The molecule has 2 N–H and O–H groups in total. The molecule has 0 aromatic heterocycles. The number of benzene rings is 2. The van der Waals surface area contributed by atoms with Crippen molar-refractivity contribution in [3.05, 3.63) is 64.1 Å². The minimum Gasteiger partial charge on any atom is -0.491 e. The van der Waals surface area contributed by atoms with Crippen LogP contribution in [0.5, 0.6) is 5.75 Å². The molecule has 2 rings (SSSR count). The van der Waals surface area contributed by atoms with Crippen LogP contribution in [-0.4, -0.2) is 17.1 Å². The standard InChI is InChI=1S/C18H19BrN2O2S/c1-12(2)23-14-9-7-13(8-10-14)11-20-18(24)21-17(22)15-5-3-4-6-16(15)19/h3-10,12H,11H2,1-2H3,(H2,20,21,22,24). The molecule has 0 heterocycles. The number of amides is 1. The van der Waals surface area contributed by atoms with Gasteiger partial charge in [-0.05, 0) is 71.8 Å². The number of hydrogen-bond acceptors (Lipinski definition) is 3. The van der Waals surface area contributed by atoms with Crippen LogP contribution in [0.25, 0.3) is 0 Å². The lowest BCUT2D eigenvalue weighted by Crippen LogP contribution is -2.38. The summed E-state index contributed by atoms with van der Waals surface area (Å²) < 4.78 is 6.33. The average molecular weight is 407 g/mol. The van der Waals surface area contributed by atoms with Crippen LogP contribution in [0.4, 0.5) is 0 Å². The van der Waals surface area contributed by atoms with Crippen molar-refractivity contribution in [2.75, 3.05) is 0 Å². The Morgan fingerprint density at radius 3 is 2.46 bits per heavy atom. The average Bonchev–Trinajstić information content (AvgIpc) is 2.54. The van der Waals surface area contributed by atoms with Crippen molar-refractivity contribution in [1.29, 1.82) is 0 Å². The number of carbonyl (C=O) groups excluding carboxylic acids is 1. The number of carbonyl (C=O) groups is 1. The van der Waals surface area contributed by atoms with Crippen molar-refractivity contribution in [3.8, 4) is 5.75 Å². The van der Waals surface area contributed by atoms with Crippen LogP contribution in [-0.2, 0) is 6.54 Å². The minimum absolute atomic E-state index is 0.147. The highest BCUT2D eigenvalue weighted by Crippen LogP contribution is 2.15. The third-order valence-electron chi connectivity index (χ3n) is 3.09. The predicted octanol–water partition coefficient (Wildman–Crippen LogP) is 4.04. The quantitative estimate of drug-likeness (QED) is 0.735. The first-order valence-corrected chi connectivity index (χ1v) is 8.75. The third kappa shape index (κ3) is 5.62. The normalized spacial score (nSPS) is 10.3. The van der Waals surface area contributed by atoms with E-state index in [0.717, 1.165) is 15.8 Å². The van der Waals surface area contributed by atoms with E-state index in [1.807, 2.05) is 50.2 Å². The first-order valence-electron chi connectivity index (χ1n) is 7.55. The van der Waals surface area contributed by atoms with E-state index in [0.29, 0.717) is 17.2 Å². The van der Waals surface area contributed by atoms with Crippen LogP contribution >= 0.6 is 28.1 Å². The lowest BCUT2D eigenvalue weighted by Gasteiger charge is -2.12. The number of hydrogen-bond donors (Lipinski definition) is 2. The van der Waals surface area contributed by atoms with Gasteiger partial charge in [-0.1, -0.05) is 24.3 Å². The molecular formula is C18H19BrN2O2S. The van der Waals surface area contributed by atoms with E-state index >= 15 is 0 Å². The van der Waals surface area contributed by atoms with Gasteiger partial charge in [-0.2, -0.15) is 0 Å². The Hall–Kier alpha value is -1.92. The van der Waals surface area contributed by atoms with Gasteiger partial charge in [0, 0.05) is 11.0 Å². The van der Waals surface area contributed by atoms with Crippen LogP contribution in [0.3, 0.4) is 0 Å². The highest BCUT2D eigenvalue weighted by atomic mass is 79.9. The molecular weight excluding hydrogens is 388 g/mol. The van der Waals surface area contributed by atoms with Crippen LogP contribution in [0, 0.1) is 0 Å². The Morgan fingerprint density at radius 1 is 1.17 bits per heavy atom. The first-order chi connectivity index (χ1) is 11.5. The summed E-state index contributed by atoms with van der Waals surface area (Å²) in [6.45, 7) is 4.50. The molecule has 126 valence electrons. The second-order valence-electron chi connectivity index (χ2n) is 5.43. The van der Waals surface area contributed by atoms with E-state index in [4.69, 9.17) is 17.0 Å². The monoisotopic (exact) mass is 406 g/mol. The Kier molecular flexibility index (Phi) is 6.75. The molecule has 0 aliphatic heterocycles. The van der Waals surface area contributed by atoms with Gasteiger partial charge in [-0.25, -0.2) is 0 Å². The van der Waals surface area contributed by atoms with Gasteiger partial charge in [-0.15, -0.1) is 0 Å². The van der Waals surface area contributed by atoms with Crippen molar-refractivity contribution in [3.63, 3.8) is 0 Å². The summed E-state index contributed by atoms with van der Waals surface area (Å²) in [6, 6.07) is 15.0. The lowest BCUT2D eigenvalue weighted by molar-refractivity contribution is 0.0976. The van der Waals surface area contributed by atoms with Crippen molar-refractivity contribution < 1.29 is 9.53 Å². The fourth-order valence-corrected chi connectivity index (χ4v) is 2.63. The van der Waals surface area contributed by atoms with Gasteiger partial charge < -0.3 is 10.1 Å². The molecule has 24 heavy (non-hydrogen) atoms. The fourth-order valence-electron chi connectivity index (χ4n) is 2.00. The second kappa shape index (κ2) is 8.80. The van der Waals surface area contributed by atoms with Gasteiger partial charge >= 0.3 is 0 Å². The number of nitrogens with one attached hydrogen (secondary N) is 2. The molecule has 6 heteroatoms. The molecule has 0 radical (unpaired) electrons. The van der Waals surface area contributed by atoms with E-state index in [1.165, 1.54) is 0 Å². The largest absolute Gasteiger partial charge is 0.491 e. The molecule has 0 aliphatic carbocycles. The Morgan fingerprint density at radius 2 is 1.83 bits per heavy atom. The molecule has 0 spiro atoms. The Bertz CT molecular complexity index is 717. The SMILES string of the molecule is CC(C)Oc1ccc(CNC(=S)NC(=O)c2ccccc2Br)cc1. The molecule has 0 atom stereocenters. The van der Waals surface area contributed by atoms with Gasteiger partial charge in [0.05, 0.1) is 11.7 Å². The molecule has 0 fully saturated rings. The van der Waals surface area contributed by atoms with Gasteiger partial charge in [0.1, 0.15) is 5.75 Å². The summed E-state index contributed by atoms with van der Waals surface area (Å²) in [5.74, 6) is 0.583. The summed E-state index contributed by atoms with van der Waals surface area (Å²) in [5.41, 5.74) is 1.58. The van der Waals surface area contributed by atoms with Gasteiger partial charge in [-0.3, -0.25) is 10.1 Å². The molecule has 0 bridgehead atoms.